The van der Waals surface area contributed by atoms with Gasteiger partial charge in [-0.05, 0) is 38.2 Å². The summed E-state index contributed by atoms with van der Waals surface area (Å²) in [5.74, 6) is 1.57. The van der Waals surface area contributed by atoms with E-state index in [0.717, 1.165) is 24.4 Å². The van der Waals surface area contributed by atoms with Crippen LogP contribution in [0, 0.1) is 17.5 Å². The molecule has 1 aliphatic rings. The Labute approximate surface area is 108 Å². The van der Waals surface area contributed by atoms with Crippen LogP contribution in [-0.2, 0) is 10.3 Å². The standard InChI is InChI=1S/C13H20N2OS/c1-9-5-4-6-13(8-9,16-3)12-14-10(2)7-11(17)15-12/h7,9H,4-6,8H2,1-3H3,(H,14,15,17). The van der Waals surface area contributed by atoms with Gasteiger partial charge in [0.1, 0.15) is 16.1 Å². The highest BCUT2D eigenvalue weighted by Gasteiger charge is 2.38. The maximum Gasteiger partial charge on any atom is 0.140 e. The second-order valence-electron chi connectivity index (χ2n) is 5.15. The van der Waals surface area contributed by atoms with Crippen molar-refractivity contribution in [3.8, 4) is 0 Å². The van der Waals surface area contributed by atoms with Crippen molar-refractivity contribution in [3.05, 3.63) is 22.2 Å². The second kappa shape index (κ2) is 4.86. The van der Waals surface area contributed by atoms with Crippen molar-refractivity contribution in [3.63, 3.8) is 0 Å². The Morgan fingerprint density at radius 2 is 2.35 bits per heavy atom. The van der Waals surface area contributed by atoms with Gasteiger partial charge in [0.2, 0.25) is 0 Å². The molecule has 2 rings (SSSR count). The highest BCUT2D eigenvalue weighted by atomic mass is 32.1. The zero-order valence-electron chi connectivity index (χ0n) is 10.7. The minimum atomic E-state index is -0.267. The molecule has 0 spiro atoms. The molecule has 4 heteroatoms. The summed E-state index contributed by atoms with van der Waals surface area (Å²) >= 11 is 5.20. The number of aromatic amines is 1. The number of H-pyrrole nitrogens is 1. The van der Waals surface area contributed by atoms with E-state index < -0.39 is 0 Å². The third-order valence-electron chi connectivity index (χ3n) is 3.66. The van der Waals surface area contributed by atoms with Crippen molar-refractivity contribution in [1.29, 1.82) is 0 Å². The number of rotatable bonds is 2. The largest absolute Gasteiger partial charge is 0.370 e. The van der Waals surface area contributed by atoms with Crippen LogP contribution in [0.25, 0.3) is 0 Å². The number of nitrogens with zero attached hydrogens (tertiary/aromatic N) is 1. The van der Waals surface area contributed by atoms with Gasteiger partial charge in [-0.15, -0.1) is 0 Å². The lowest BCUT2D eigenvalue weighted by Crippen LogP contribution is -2.36. The smallest absolute Gasteiger partial charge is 0.140 e. The summed E-state index contributed by atoms with van der Waals surface area (Å²) < 4.78 is 6.45. The Balaban J connectivity index is 2.43. The van der Waals surface area contributed by atoms with Gasteiger partial charge >= 0.3 is 0 Å². The normalized spacial score (nSPS) is 29.2. The summed E-state index contributed by atoms with van der Waals surface area (Å²) in [4.78, 5) is 7.80. The van der Waals surface area contributed by atoms with Crippen LogP contribution >= 0.6 is 12.2 Å². The first-order valence-electron chi connectivity index (χ1n) is 6.19. The number of methoxy groups -OCH3 is 1. The number of ether oxygens (including phenoxy) is 1. The minimum Gasteiger partial charge on any atom is -0.370 e. The van der Waals surface area contributed by atoms with E-state index in [2.05, 4.69) is 16.9 Å². The van der Waals surface area contributed by atoms with Crippen molar-refractivity contribution >= 4 is 12.2 Å². The molecule has 2 unspecified atom stereocenters. The van der Waals surface area contributed by atoms with Crippen LogP contribution in [0.1, 0.15) is 44.1 Å². The second-order valence-corrected chi connectivity index (χ2v) is 5.57. The van der Waals surface area contributed by atoms with Crippen LogP contribution in [0.5, 0.6) is 0 Å². The molecule has 0 bridgehead atoms. The van der Waals surface area contributed by atoms with E-state index in [4.69, 9.17) is 17.0 Å². The summed E-state index contributed by atoms with van der Waals surface area (Å²) in [7, 11) is 1.78. The molecule has 1 fully saturated rings. The van der Waals surface area contributed by atoms with E-state index in [1.54, 1.807) is 7.11 Å². The molecule has 1 aromatic rings. The molecule has 1 heterocycles. The first kappa shape index (κ1) is 12.7. The number of hydrogen-bond donors (Lipinski definition) is 1. The lowest BCUT2D eigenvalue weighted by molar-refractivity contribution is -0.0648. The quantitative estimate of drug-likeness (QED) is 0.819. The molecule has 3 nitrogen and oxygen atoms in total. The number of aromatic nitrogens is 2. The highest BCUT2D eigenvalue weighted by Crippen LogP contribution is 2.40. The van der Waals surface area contributed by atoms with Crippen molar-refractivity contribution < 1.29 is 4.74 Å². The maximum atomic E-state index is 5.81. The maximum absolute atomic E-state index is 5.81. The molecule has 0 amide bonds. The average Bonchev–Trinajstić information content (AvgIpc) is 2.27. The zero-order chi connectivity index (χ0) is 12.5. The van der Waals surface area contributed by atoms with Gasteiger partial charge in [0.05, 0.1) is 0 Å². The van der Waals surface area contributed by atoms with Gasteiger partial charge in [-0.3, -0.25) is 0 Å². The Morgan fingerprint density at radius 1 is 1.59 bits per heavy atom. The lowest BCUT2D eigenvalue weighted by atomic mass is 9.78. The molecule has 0 radical (unpaired) electrons. The first-order valence-corrected chi connectivity index (χ1v) is 6.60. The van der Waals surface area contributed by atoms with E-state index in [-0.39, 0.29) is 5.60 Å². The van der Waals surface area contributed by atoms with Crippen molar-refractivity contribution in [1.82, 2.24) is 9.97 Å². The zero-order valence-corrected chi connectivity index (χ0v) is 11.6. The van der Waals surface area contributed by atoms with Crippen LogP contribution in [0.3, 0.4) is 0 Å². The molecule has 1 aromatic heterocycles. The monoisotopic (exact) mass is 252 g/mol. The molecule has 1 saturated carbocycles. The third-order valence-corrected chi connectivity index (χ3v) is 3.86. The summed E-state index contributed by atoms with van der Waals surface area (Å²) in [5.41, 5.74) is 0.784. The van der Waals surface area contributed by atoms with Crippen LogP contribution < -0.4 is 0 Å². The van der Waals surface area contributed by atoms with Crippen LogP contribution in [-0.4, -0.2) is 17.1 Å². The minimum absolute atomic E-state index is 0.267. The summed E-state index contributed by atoms with van der Waals surface area (Å²) in [6.07, 6.45) is 4.50. The SMILES string of the molecule is COC1(c2nc(=S)cc(C)[nH]2)CCCC(C)C1. The molecular weight excluding hydrogens is 232 g/mol. The van der Waals surface area contributed by atoms with Crippen molar-refractivity contribution in [2.24, 2.45) is 5.92 Å². The average molecular weight is 252 g/mol. The fourth-order valence-electron chi connectivity index (χ4n) is 2.79. The van der Waals surface area contributed by atoms with Crippen LogP contribution in [0.15, 0.2) is 6.07 Å². The van der Waals surface area contributed by atoms with Gasteiger partial charge in [0.15, 0.2) is 0 Å². The van der Waals surface area contributed by atoms with E-state index in [0.29, 0.717) is 10.6 Å². The first-order chi connectivity index (χ1) is 8.05. The molecule has 1 N–H and O–H groups in total. The van der Waals surface area contributed by atoms with Crippen LogP contribution in [0.4, 0.5) is 0 Å². The van der Waals surface area contributed by atoms with E-state index in [9.17, 15) is 0 Å². The topological polar surface area (TPSA) is 37.9 Å². The molecule has 1 aliphatic carbocycles. The molecule has 0 aromatic carbocycles. The molecule has 0 aliphatic heterocycles. The summed E-state index contributed by atoms with van der Waals surface area (Å²) in [5, 5.41) is 0. The Hall–Kier alpha value is -0.740. The third kappa shape index (κ3) is 2.58. The molecule has 2 atom stereocenters. The van der Waals surface area contributed by atoms with Gasteiger partial charge in [-0.25, -0.2) is 4.98 Å². The van der Waals surface area contributed by atoms with Gasteiger partial charge in [0, 0.05) is 12.8 Å². The van der Waals surface area contributed by atoms with Crippen molar-refractivity contribution in [2.75, 3.05) is 7.11 Å². The Kier molecular flexibility index (Phi) is 3.64. The van der Waals surface area contributed by atoms with E-state index in [1.807, 2.05) is 13.0 Å². The van der Waals surface area contributed by atoms with Gasteiger partial charge in [-0.2, -0.15) is 0 Å². The fraction of sp³-hybridized carbons (Fsp3) is 0.692. The molecule has 0 saturated heterocycles. The summed E-state index contributed by atoms with van der Waals surface area (Å²) in [6.45, 7) is 4.29. The highest BCUT2D eigenvalue weighted by molar-refractivity contribution is 7.71. The van der Waals surface area contributed by atoms with E-state index >= 15 is 0 Å². The predicted octanol–water partition coefficient (Wildman–Crippen LogP) is 3.50. The number of hydrogen-bond acceptors (Lipinski definition) is 3. The van der Waals surface area contributed by atoms with Crippen molar-refractivity contribution in [2.45, 2.75) is 45.1 Å². The fourth-order valence-corrected chi connectivity index (χ4v) is 3.06. The van der Waals surface area contributed by atoms with Gasteiger partial charge < -0.3 is 9.72 Å². The van der Waals surface area contributed by atoms with Crippen LogP contribution in [0.2, 0.25) is 0 Å². The van der Waals surface area contributed by atoms with E-state index in [1.165, 1.54) is 12.8 Å². The molecular formula is C13H20N2OS. The Morgan fingerprint density at radius 3 is 2.94 bits per heavy atom. The van der Waals surface area contributed by atoms with Gasteiger partial charge in [0.25, 0.3) is 0 Å². The number of aryl methyl sites for hydroxylation is 1. The lowest BCUT2D eigenvalue weighted by Gasteiger charge is -2.38. The predicted molar refractivity (Wildman–Crippen MR) is 70.5 cm³/mol. The Bertz CT molecular complexity index is 457. The van der Waals surface area contributed by atoms with Gasteiger partial charge in [-0.1, -0.05) is 25.6 Å². The number of nitrogens with one attached hydrogen (secondary N) is 1. The molecule has 94 valence electrons. The molecule has 17 heavy (non-hydrogen) atoms. The summed E-state index contributed by atoms with van der Waals surface area (Å²) in [6, 6.07) is 1.88.